The summed E-state index contributed by atoms with van der Waals surface area (Å²) in [6.07, 6.45) is 0. The molecule has 1 N–H and O–H groups in total. The highest BCUT2D eigenvalue weighted by Crippen LogP contribution is 2.38. The van der Waals surface area contributed by atoms with Crippen molar-refractivity contribution in [2.75, 3.05) is 0 Å². The van der Waals surface area contributed by atoms with Crippen LogP contribution >= 0.6 is 0 Å². The fraction of sp³-hybridized carbons (Fsp3) is 0.143. The number of aromatic hydroxyl groups is 1. The average Bonchev–Trinajstić information content (AvgIpc) is 2.57. The maximum Gasteiger partial charge on any atom is 0.115 e. The van der Waals surface area contributed by atoms with E-state index in [9.17, 15) is 5.11 Å². The summed E-state index contributed by atoms with van der Waals surface area (Å²) >= 11 is 0. The minimum absolute atomic E-state index is 0.218. The summed E-state index contributed by atoms with van der Waals surface area (Å²) in [5, 5.41) is 9.86. The first kappa shape index (κ1) is 14.4. The fourth-order valence-electron chi connectivity index (χ4n) is 3.10. The second kappa shape index (κ2) is 6.48. The van der Waals surface area contributed by atoms with E-state index in [1.807, 2.05) is 24.3 Å². The van der Waals surface area contributed by atoms with Gasteiger partial charge in [-0.3, -0.25) is 0 Å². The van der Waals surface area contributed by atoms with Crippen LogP contribution in [0.3, 0.4) is 0 Å². The van der Waals surface area contributed by atoms with Gasteiger partial charge in [-0.05, 0) is 34.7 Å². The summed E-state index contributed by atoms with van der Waals surface area (Å²) in [5.74, 6) is 0.861. The summed E-state index contributed by atoms with van der Waals surface area (Å²) in [5.41, 5.74) is 3.71. The molecule has 0 aliphatic carbocycles. The minimum Gasteiger partial charge on any atom is -0.508 e. The lowest BCUT2D eigenvalue weighted by Gasteiger charge is -2.25. The molecule has 0 spiro atoms. The number of hydrogen-bond acceptors (Lipinski definition) is 1. The maximum atomic E-state index is 9.86. The molecule has 1 heteroatoms. The molecular formula is C21H20O. The van der Waals surface area contributed by atoms with E-state index in [2.05, 4.69) is 61.5 Å². The van der Waals surface area contributed by atoms with Crippen molar-refractivity contribution in [3.8, 4) is 5.75 Å². The first-order valence-electron chi connectivity index (χ1n) is 7.64. The van der Waals surface area contributed by atoms with Crippen LogP contribution in [0, 0.1) is 0 Å². The van der Waals surface area contributed by atoms with Crippen molar-refractivity contribution in [3.05, 3.63) is 102 Å². The Balaban J connectivity index is 2.07. The van der Waals surface area contributed by atoms with Gasteiger partial charge in [-0.2, -0.15) is 0 Å². The second-order valence-corrected chi connectivity index (χ2v) is 5.68. The van der Waals surface area contributed by atoms with Gasteiger partial charge in [0.15, 0.2) is 0 Å². The van der Waals surface area contributed by atoms with Gasteiger partial charge in [-0.1, -0.05) is 79.7 Å². The van der Waals surface area contributed by atoms with Crippen LogP contribution in [0.2, 0.25) is 0 Å². The van der Waals surface area contributed by atoms with Gasteiger partial charge in [0.2, 0.25) is 0 Å². The van der Waals surface area contributed by atoms with E-state index in [1.165, 1.54) is 11.1 Å². The summed E-state index contributed by atoms with van der Waals surface area (Å²) < 4.78 is 0. The summed E-state index contributed by atoms with van der Waals surface area (Å²) in [7, 11) is 0. The standard InChI is InChI=1S/C21H20O/c1-16(17-9-4-2-5-10-17)21(18-11-6-3-7-12-18)19-13-8-14-20(22)15-19/h2-16,21-22H,1H3. The molecule has 0 fully saturated rings. The van der Waals surface area contributed by atoms with Crippen LogP contribution in [0.1, 0.15) is 35.4 Å². The molecule has 0 saturated heterocycles. The number of phenolic OH excluding ortho intramolecular Hbond substituents is 1. The predicted molar refractivity (Wildman–Crippen MR) is 91.2 cm³/mol. The SMILES string of the molecule is CC(c1ccccc1)C(c1ccccc1)c1cccc(O)c1. The number of hydrogen-bond donors (Lipinski definition) is 1. The van der Waals surface area contributed by atoms with Gasteiger partial charge in [-0.15, -0.1) is 0 Å². The third-order valence-corrected chi connectivity index (χ3v) is 4.21. The van der Waals surface area contributed by atoms with Crippen molar-refractivity contribution < 1.29 is 5.11 Å². The van der Waals surface area contributed by atoms with Crippen LogP contribution in [0.15, 0.2) is 84.9 Å². The Kier molecular flexibility index (Phi) is 4.24. The molecule has 3 aromatic carbocycles. The minimum atomic E-state index is 0.218. The molecule has 0 radical (unpaired) electrons. The molecule has 0 bridgehead atoms. The van der Waals surface area contributed by atoms with Gasteiger partial charge in [0.25, 0.3) is 0 Å². The molecule has 3 rings (SSSR count). The molecule has 0 amide bonds. The van der Waals surface area contributed by atoms with E-state index < -0.39 is 0 Å². The van der Waals surface area contributed by atoms with Crippen LogP contribution in [-0.4, -0.2) is 5.11 Å². The highest BCUT2D eigenvalue weighted by molar-refractivity contribution is 5.40. The molecule has 0 heterocycles. The lowest BCUT2D eigenvalue weighted by atomic mass is 9.78. The first-order valence-corrected chi connectivity index (χ1v) is 7.64. The zero-order valence-corrected chi connectivity index (χ0v) is 12.7. The van der Waals surface area contributed by atoms with Crippen molar-refractivity contribution in [1.82, 2.24) is 0 Å². The van der Waals surface area contributed by atoms with Crippen LogP contribution in [0.5, 0.6) is 5.75 Å². The number of benzene rings is 3. The van der Waals surface area contributed by atoms with E-state index in [-0.39, 0.29) is 5.92 Å². The third kappa shape index (κ3) is 3.04. The van der Waals surface area contributed by atoms with E-state index >= 15 is 0 Å². The van der Waals surface area contributed by atoms with Gasteiger partial charge < -0.3 is 5.11 Å². The Morgan fingerprint density at radius 2 is 1.18 bits per heavy atom. The normalized spacial score (nSPS) is 13.5. The van der Waals surface area contributed by atoms with Crippen molar-refractivity contribution >= 4 is 0 Å². The monoisotopic (exact) mass is 288 g/mol. The molecule has 3 aromatic rings. The second-order valence-electron chi connectivity index (χ2n) is 5.68. The summed E-state index contributed by atoms with van der Waals surface area (Å²) in [6, 6.07) is 28.6. The van der Waals surface area contributed by atoms with Crippen molar-refractivity contribution in [2.24, 2.45) is 0 Å². The average molecular weight is 288 g/mol. The van der Waals surface area contributed by atoms with E-state index in [1.54, 1.807) is 6.07 Å². The summed E-state index contributed by atoms with van der Waals surface area (Å²) in [4.78, 5) is 0. The Hall–Kier alpha value is -2.54. The first-order chi connectivity index (χ1) is 10.8. The van der Waals surface area contributed by atoms with Crippen LogP contribution in [0.25, 0.3) is 0 Å². The summed E-state index contributed by atoms with van der Waals surface area (Å²) in [6.45, 7) is 2.25. The largest absolute Gasteiger partial charge is 0.508 e. The van der Waals surface area contributed by atoms with Gasteiger partial charge in [-0.25, -0.2) is 0 Å². The molecule has 110 valence electrons. The van der Waals surface area contributed by atoms with Crippen molar-refractivity contribution in [2.45, 2.75) is 18.8 Å². The Morgan fingerprint density at radius 1 is 0.636 bits per heavy atom. The molecule has 0 aliphatic heterocycles. The fourth-order valence-corrected chi connectivity index (χ4v) is 3.10. The lowest BCUT2D eigenvalue weighted by molar-refractivity contribution is 0.473. The third-order valence-electron chi connectivity index (χ3n) is 4.21. The maximum absolute atomic E-state index is 9.86. The van der Waals surface area contributed by atoms with E-state index in [0.717, 1.165) is 5.56 Å². The Bertz CT molecular complexity index is 719. The number of rotatable bonds is 4. The van der Waals surface area contributed by atoms with Crippen LogP contribution in [-0.2, 0) is 0 Å². The molecule has 0 aliphatic rings. The van der Waals surface area contributed by atoms with Gasteiger partial charge in [0.1, 0.15) is 5.75 Å². The van der Waals surface area contributed by atoms with Crippen molar-refractivity contribution in [3.63, 3.8) is 0 Å². The van der Waals surface area contributed by atoms with Gasteiger partial charge in [0, 0.05) is 5.92 Å². The molecule has 1 nitrogen and oxygen atoms in total. The quantitative estimate of drug-likeness (QED) is 0.688. The van der Waals surface area contributed by atoms with Crippen LogP contribution in [0.4, 0.5) is 0 Å². The molecule has 0 saturated carbocycles. The topological polar surface area (TPSA) is 20.2 Å². The Labute approximate surface area is 131 Å². The van der Waals surface area contributed by atoms with E-state index in [4.69, 9.17) is 0 Å². The van der Waals surface area contributed by atoms with Crippen LogP contribution < -0.4 is 0 Å². The smallest absolute Gasteiger partial charge is 0.115 e. The van der Waals surface area contributed by atoms with Crippen molar-refractivity contribution in [1.29, 1.82) is 0 Å². The predicted octanol–water partition coefficient (Wildman–Crippen LogP) is 5.33. The highest BCUT2D eigenvalue weighted by atomic mass is 16.3. The Morgan fingerprint density at radius 3 is 1.77 bits per heavy atom. The molecule has 22 heavy (non-hydrogen) atoms. The molecule has 2 unspecified atom stereocenters. The number of phenols is 1. The molecule has 2 atom stereocenters. The van der Waals surface area contributed by atoms with Gasteiger partial charge >= 0.3 is 0 Å². The molecular weight excluding hydrogens is 268 g/mol. The van der Waals surface area contributed by atoms with Gasteiger partial charge in [0.05, 0.1) is 0 Å². The lowest BCUT2D eigenvalue weighted by Crippen LogP contribution is -2.10. The highest BCUT2D eigenvalue weighted by Gasteiger charge is 2.22. The van der Waals surface area contributed by atoms with E-state index in [0.29, 0.717) is 11.7 Å². The molecule has 0 aromatic heterocycles. The zero-order chi connectivity index (χ0) is 15.4. The zero-order valence-electron chi connectivity index (χ0n) is 12.7.